The minimum Gasteiger partial charge on any atom is -0.473 e. The number of rotatable bonds is 12. The van der Waals surface area contributed by atoms with Crippen molar-refractivity contribution in [2.45, 2.75) is 51.1 Å². The lowest BCUT2D eigenvalue weighted by atomic mass is 9.99. The summed E-state index contributed by atoms with van der Waals surface area (Å²) in [5, 5.41) is 15.6. The normalized spacial score (nSPS) is 16.3. The lowest BCUT2D eigenvalue weighted by molar-refractivity contribution is -0.159. The molecule has 2 aromatic rings. The van der Waals surface area contributed by atoms with E-state index in [9.17, 15) is 8.42 Å². The molecule has 0 radical (unpaired) electrons. The van der Waals surface area contributed by atoms with Crippen molar-refractivity contribution in [1.82, 2.24) is 14.5 Å². The molecule has 3 N–H and O–H groups in total. The number of carbonyl (C=O) groups is 2. The fourth-order valence-electron chi connectivity index (χ4n) is 4.50. The molecule has 2 aromatic carbocycles. The topological polar surface area (TPSA) is 127 Å². The Kier molecular flexibility index (Phi) is 12.2. The van der Waals surface area contributed by atoms with Gasteiger partial charge in [-0.1, -0.05) is 60.8 Å². The van der Waals surface area contributed by atoms with Crippen LogP contribution in [0.25, 0.3) is 11.1 Å². The average molecular weight is 580 g/mol. The second kappa shape index (κ2) is 15.3. The van der Waals surface area contributed by atoms with Crippen molar-refractivity contribution >= 4 is 33.6 Å². The number of hydrogen-bond acceptors (Lipinski definition) is 6. The molecule has 11 heteroatoms. The molecule has 1 saturated heterocycles. The third-order valence-electron chi connectivity index (χ3n) is 6.76. The average Bonchev–Trinajstić information content (AvgIpc) is 3.71. The number of nitrogens with zero attached hydrogens (tertiary/aromatic N) is 2. The third kappa shape index (κ3) is 11.6. The number of carboxylic acid groups (broad SMARTS) is 2. The van der Waals surface area contributed by atoms with Gasteiger partial charge in [-0.25, -0.2) is 22.7 Å². The maximum Gasteiger partial charge on any atom is 0.414 e. The number of halogens is 1. The Morgan fingerprint density at radius 2 is 1.51 bits per heavy atom. The van der Waals surface area contributed by atoms with Crippen molar-refractivity contribution in [3.8, 4) is 11.1 Å². The maximum absolute atomic E-state index is 11.9. The quantitative estimate of drug-likeness (QED) is 0.255. The molecule has 9 nitrogen and oxygen atoms in total. The van der Waals surface area contributed by atoms with Crippen LogP contribution < -0.4 is 4.72 Å². The first-order chi connectivity index (χ1) is 18.6. The Hall–Kier alpha value is -2.50. The van der Waals surface area contributed by atoms with E-state index in [1.807, 2.05) is 18.2 Å². The van der Waals surface area contributed by atoms with Crippen LogP contribution in [0.1, 0.15) is 44.1 Å². The fourth-order valence-corrected chi connectivity index (χ4v) is 6.14. The van der Waals surface area contributed by atoms with Gasteiger partial charge < -0.3 is 15.1 Å². The summed E-state index contributed by atoms with van der Waals surface area (Å²) in [5.74, 6) is -3.37. The Morgan fingerprint density at radius 3 is 2.15 bits per heavy atom. The molecule has 1 aliphatic heterocycles. The van der Waals surface area contributed by atoms with Crippen LogP contribution in [-0.2, 0) is 26.2 Å². The second-order valence-electron chi connectivity index (χ2n) is 10.0. The van der Waals surface area contributed by atoms with E-state index in [0.29, 0.717) is 0 Å². The van der Waals surface area contributed by atoms with Crippen LogP contribution in [0.5, 0.6) is 0 Å². The summed E-state index contributed by atoms with van der Waals surface area (Å²) in [5.41, 5.74) is 3.78. The van der Waals surface area contributed by atoms with Crippen molar-refractivity contribution < 1.29 is 28.2 Å². The zero-order valence-electron chi connectivity index (χ0n) is 22.1. The molecule has 0 atom stereocenters. The summed E-state index contributed by atoms with van der Waals surface area (Å²) < 4.78 is 26.6. The molecule has 2 fully saturated rings. The van der Waals surface area contributed by atoms with Crippen molar-refractivity contribution in [2.24, 2.45) is 0 Å². The summed E-state index contributed by atoms with van der Waals surface area (Å²) >= 11 is 6.22. The zero-order valence-corrected chi connectivity index (χ0v) is 23.7. The number of nitrogens with one attached hydrogen (secondary N) is 1. The Labute approximate surface area is 235 Å². The lowest BCUT2D eigenvalue weighted by Gasteiger charge is -2.35. The summed E-state index contributed by atoms with van der Waals surface area (Å²) in [6, 6.07) is 16.9. The Bertz CT molecular complexity index is 1190. The highest BCUT2D eigenvalue weighted by molar-refractivity contribution is 7.89. The molecule has 1 aliphatic carbocycles. The molecule has 0 spiro atoms. The van der Waals surface area contributed by atoms with Gasteiger partial charge in [-0.3, -0.25) is 4.90 Å². The highest BCUT2D eigenvalue weighted by Gasteiger charge is 2.26. The van der Waals surface area contributed by atoms with Gasteiger partial charge >= 0.3 is 11.9 Å². The largest absolute Gasteiger partial charge is 0.473 e. The van der Waals surface area contributed by atoms with E-state index in [1.54, 1.807) is 0 Å². The summed E-state index contributed by atoms with van der Waals surface area (Å²) in [7, 11) is -3.05. The summed E-state index contributed by atoms with van der Waals surface area (Å²) in [6.07, 6.45) is 6.01. The standard InChI is InChI=1S/C26H36ClN3O2S.C2H2O4/c27-24-10-7-9-22(20-24)26-11-4-3-8-23(26)21-30-17-15-29(16-18-30)14-5-1-2-6-19-33(31,32)28-25-12-13-25;3-1(4)2(5)6/h3-4,7-11,20,25,28H,1-2,5-6,12-19,21H2;(H,3,4)(H,5,6). The van der Waals surface area contributed by atoms with Crippen LogP contribution in [0, 0.1) is 0 Å². The monoisotopic (exact) mass is 579 g/mol. The minimum absolute atomic E-state index is 0.221. The number of aliphatic carboxylic acids is 2. The number of benzene rings is 2. The van der Waals surface area contributed by atoms with Crippen LogP contribution in [0.3, 0.4) is 0 Å². The summed E-state index contributed by atoms with van der Waals surface area (Å²) in [4.78, 5) is 23.3. The first kappa shape index (κ1) is 31.0. The van der Waals surface area contributed by atoms with Gasteiger partial charge in [0.05, 0.1) is 5.75 Å². The summed E-state index contributed by atoms with van der Waals surface area (Å²) in [6.45, 7) is 6.42. The first-order valence-corrected chi connectivity index (χ1v) is 15.4. The van der Waals surface area contributed by atoms with Gasteiger partial charge in [-0.15, -0.1) is 0 Å². The predicted molar refractivity (Wildman–Crippen MR) is 152 cm³/mol. The molecule has 2 aliphatic rings. The zero-order chi connectivity index (χ0) is 28.3. The third-order valence-corrected chi connectivity index (χ3v) is 8.51. The molecule has 1 heterocycles. The van der Waals surface area contributed by atoms with E-state index in [0.717, 1.165) is 82.8 Å². The van der Waals surface area contributed by atoms with E-state index in [-0.39, 0.29) is 11.8 Å². The number of carboxylic acids is 2. The van der Waals surface area contributed by atoms with Crippen molar-refractivity contribution in [2.75, 3.05) is 38.5 Å². The van der Waals surface area contributed by atoms with Crippen LogP contribution in [0.4, 0.5) is 0 Å². The number of piperazine rings is 1. The SMILES string of the molecule is O=C(O)C(=O)O.O=S(=O)(CCCCCCN1CCN(Cc2ccccc2-c2cccc(Cl)c2)CC1)NC1CC1. The fraction of sp³-hybridized carbons (Fsp3) is 0.500. The van der Waals surface area contributed by atoms with Crippen LogP contribution in [0.2, 0.25) is 5.02 Å². The van der Waals surface area contributed by atoms with Gasteiger partial charge in [-0.2, -0.15) is 0 Å². The van der Waals surface area contributed by atoms with Crippen LogP contribution in [-0.4, -0.2) is 84.9 Å². The number of sulfonamides is 1. The molecule has 214 valence electrons. The van der Waals surface area contributed by atoms with Gasteiger partial charge in [0.25, 0.3) is 0 Å². The first-order valence-electron chi connectivity index (χ1n) is 13.4. The van der Waals surface area contributed by atoms with Crippen LogP contribution >= 0.6 is 11.6 Å². The molecule has 0 unspecified atom stereocenters. The van der Waals surface area contributed by atoms with E-state index < -0.39 is 22.0 Å². The van der Waals surface area contributed by atoms with E-state index in [1.165, 1.54) is 16.7 Å². The lowest BCUT2D eigenvalue weighted by Crippen LogP contribution is -2.46. The highest BCUT2D eigenvalue weighted by atomic mass is 35.5. The van der Waals surface area contributed by atoms with Crippen molar-refractivity contribution in [1.29, 1.82) is 0 Å². The van der Waals surface area contributed by atoms with Crippen molar-refractivity contribution in [3.05, 3.63) is 59.1 Å². The van der Waals surface area contributed by atoms with Gasteiger partial charge in [0.2, 0.25) is 10.0 Å². The second-order valence-corrected chi connectivity index (χ2v) is 12.3. The number of unbranched alkanes of at least 4 members (excludes halogenated alkanes) is 3. The molecule has 0 aromatic heterocycles. The van der Waals surface area contributed by atoms with Crippen molar-refractivity contribution in [3.63, 3.8) is 0 Å². The van der Waals surface area contributed by atoms with Gasteiger partial charge in [-0.05, 0) is 61.1 Å². The smallest absolute Gasteiger partial charge is 0.414 e. The molecule has 0 amide bonds. The van der Waals surface area contributed by atoms with Gasteiger partial charge in [0, 0.05) is 43.8 Å². The Balaban J connectivity index is 0.000000631. The maximum atomic E-state index is 11.9. The molecular formula is C28H38ClN3O6S. The molecule has 0 bridgehead atoms. The van der Waals surface area contributed by atoms with E-state index in [2.05, 4.69) is 44.9 Å². The van der Waals surface area contributed by atoms with E-state index in [4.69, 9.17) is 31.4 Å². The number of hydrogen-bond donors (Lipinski definition) is 3. The van der Waals surface area contributed by atoms with Crippen LogP contribution in [0.15, 0.2) is 48.5 Å². The highest BCUT2D eigenvalue weighted by Crippen LogP contribution is 2.27. The molecule has 39 heavy (non-hydrogen) atoms. The Morgan fingerprint density at radius 1 is 0.872 bits per heavy atom. The molecule has 1 saturated carbocycles. The van der Waals surface area contributed by atoms with Gasteiger partial charge in [0.15, 0.2) is 0 Å². The molecular weight excluding hydrogens is 542 g/mol. The molecule has 4 rings (SSSR count). The predicted octanol–water partition coefficient (Wildman–Crippen LogP) is 3.92. The van der Waals surface area contributed by atoms with Gasteiger partial charge in [0.1, 0.15) is 0 Å². The minimum atomic E-state index is -3.05. The van der Waals surface area contributed by atoms with E-state index >= 15 is 0 Å².